The van der Waals surface area contributed by atoms with Crippen molar-refractivity contribution in [2.24, 2.45) is 0 Å². The smallest absolute Gasteiger partial charge is 0.181 e. The fourth-order valence-electron chi connectivity index (χ4n) is 1.72. The summed E-state index contributed by atoms with van der Waals surface area (Å²) >= 11 is 0. The van der Waals surface area contributed by atoms with E-state index in [0.717, 1.165) is 0 Å². The molecule has 5 N–H and O–H groups in total. The number of epoxide rings is 2. The lowest BCUT2D eigenvalue weighted by atomic mass is 10.0. The van der Waals surface area contributed by atoms with E-state index in [-0.39, 0.29) is 12.6 Å². The molecule has 2 rings (SSSR count). The van der Waals surface area contributed by atoms with E-state index in [2.05, 4.69) is 5.32 Å². The summed E-state index contributed by atoms with van der Waals surface area (Å²) in [5.41, 5.74) is 0. The van der Waals surface area contributed by atoms with Gasteiger partial charge in [0.1, 0.15) is 30.6 Å². The number of aliphatic hydroxyl groups excluding tert-OH is 4. The Morgan fingerprint density at radius 3 is 2.31 bits per heavy atom. The van der Waals surface area contributed by atoms with Crippen molar-refractivity contribution in [1.29, 1.82) is 0 Å². The first-order chi connectivity index (χ1) is 7.54. The zero-order valence-corrected chi connectivity index (χ0v) is 8.85. The van der Waals surface area contributed by atoms with Gasteiger partial charge in [0.2, 0.25) is 0 Å². The first-order valence-corrected chi connectivity index (χ1v) is 5.25. The van der Waals surface area contributed by atoms with Gasteiger partial charge in [-0.3, -0.25) is 5.32 Å². The second-order valence-corrected chi connectivity index (χ2v) is 4.16. The van der Waals surface area contributed by atoms with Gasteiger partial charge < -0.3 is 29.9 Å². The van der Waals surface area contributed by atoms with Gasteiger partial charge in [0, 0.05) is 6.42 Å². The summed E-state index contributed by atoms with van der Waals surface area (Å²) in [4.78, 5) is 0. The van der Waals surface area contributed by atoms with E-state index in [1.165, 1.54) is 0 Å². The molecule has 0 aromatic rings. The largest absolute Gasteiger partial charge is 0.390 e. The van der Waals surface area contributed by atoms with Crippen LogP contribution in [0.5, 0.6) is 0 Å². The van der Waals surface area contributed by atoms with E-state index in [0.29, 0.717) is 0 Å². The van der Waals surface area contributed by atoms with Crippen LogP contribution in [0, 0.1) is 0 Å². The molecule has 0 spiro atoms. The van der Waals surface area contributed by atoms with Gasteiger partial charge in [0.15, 0.2) is 6.29 Å². The fourth-order valence-corrected chi connectivity index (χ4v) is 1.72. The molecule has 7 unspecified atom stereocenters. The maximum atomic E-state index is 9.65. The van der Waals surface area contributed by atoms with Crippen molar-refractivity contribution in [3.05, 3.63) is 0 Å². The first kappa shape index (κ1) is 12.2. The van der Waals surface area contributed by atoms with Gasteiger partial charge >= 0.3 is 0 Å². The minimum Gasteiger partial charge on any atom is -0.390 e. The number of ether oxygens (including phenoxy) is 2. The zero-order valence-electron chi connectivity index (χ0n) is 8.85. The molecule has 0 bridgehead atoms. The number of aliphatic hydroxyl groups is 4. The van der Waals surface area contributed by atoms with Crippen LogP contribution < -0.4 is 5.32 Å². The third-order valence-corrected chi connectivity index (χ3v) is 2.92. The van der Waals surface area contributed by atoms with Crippen LogP contribution in [-0.2, 0) is 9.47 Å². The molecule has 0 aromatic heterocycles. The van der Waals surface area contributed by atoms with E-state index in [4.69, 9.17) is 14.6 Å². The van der Waals surface area contributed by atoms with Crippen LogP contribution in [0.4, 0.5) is 0 Å². The van der Waals surface area contributed by atoms with Crippen LogP contribution in [0.1, 0.15) is 6.42 Å². The molecule has 94 valence electrons. The highest BCUT2D eigenvalue weighted by Gasteiger charge is 2.49. The highest BCUT2D eigenvalue weighted by molar-refractivity contribution is 4.95. The molecule has 0 saturated carbocycles. The van der Waals surface area contributed by atoms with Gasteiger partial charge in [0.25, 0.3) is 0 Å². The predicted octanol–water partition coefficient (Wildman–Crippen LogP) is -2.88. The van der Waals surface area contributed by atoms with Gasteiger partial charge in [-0.05, 0) is 7.05 Å². The Bertz CT molecular complexity index is 252. The molecule has 0 radical (unpaired) electrons. The van der Waals surface area contributed by atoms with E-state index >= 15 is 0 Å². The molecular weight excluding hydrogens is 218 g/mol. The molecular formula is C9H17NO6. The molecule has 2 aliphatic heterocycles. The summed E-state index contributed by atoms with van der Waals surface area (Å²) < 4.78 is 9.72. The molecule has 0 amide bonds. The van der Waals surface area contributed by atoms with Gasteiger partial charge in [-0.2, -0.15) is 0 Å². The average Bonchev–Trinajstić information content (AvgIpc) is 3.14. The van der Waals surface area contributed by atoms with Crippen LogP contribution in [0.2, 0.25) is 0 Å². The number of likely N-dealkylation sites (N-methyl/N-ethyl adjacent to an activating group) is 1. The van der Waals surface area contributed by atoms with Crippen molar-refractivity contribution in [3.8, 4) is 0 Å². The molecule has 2 saturated heterocycles. The monoisotopic (exact) mass is 235 g/mol. The molecule has 7 nitrogen and oxygen atoms in total. The summed E-state index contributed by atoms with van der Waals surface area (Å²) in [6, 6.07) is 0. The highest BCUT2D eigenvalue weighted by Crippen LogP contribution is 2.29. The van der Waals surface area contributed by atoms with Crippen molar-refractivity contribution in [1.82, 2.24) is 5.32 Å². The molecule has 2 aliphatic rings. The Morgan fingerprint density at radius 2 is 1.88 bits per heavy atom. The highest BCUT2D eigenvalue weighted by atomic mass is 16.7. The van der Waals surface area contributed by atoms with Crippen LogP contribution in [0.15, 0.2) is 0 Å². The van der Waals surface area contributed by atoms with Crippen molar-refractivity contribution < 1.29 is 29.9 Å². The lowest BCUT2D eigenvalue weighted by Gasteiger charge is -2.21. The molecule has 16 heavy (non-hydrogen) atoms. The third-order valence-electron chi connectivity index (χ3n) is 2.92. The van der Waals surface area contributed by atoms with Crippen molar-refractivity contribution >= 4 is 0 Å². The van der Waals surface area contributed by atoms with E-state index < -0.39 is 36.8 Å². The lowest BCUT2D eigenvalue weighted by Crippen LogP contribution is -2.42. The van der Waals surface area contributed by atoms with E-state index in [9.17, 15) is 15.3 Å². The zero-order chi connectivity index (χ0) is 11.9. The molecule has 2 heterocycles. The summed E-state index contributed by atoms with van der Waals surface area (Å²) in [7, 11) is 1.68. The Labute approximate surface area is 92.6 Å². The maximum Gasteiger partial charge on any atom is 0.181 e. The van der Waals surface area contributed by atoms with Gasteiger partial charge in [-0.1, -0.05) is 0 Å². The number of hydrogen-bond donors (Lipinski definition) is 5. The van der Waals surface area contributed by atoms with Crippen molar-refractivity contribution in [2.45, 2.75) is 49.5 Å². The van der Waals surface area contributed by atoms with Gasteiger partial charge in [0.05, 0.1) is 6.10 Å². The van der Waals surface area contributed by atoms with Crippen LogP contribution in [-0.4, -0.2) is 70.5 Å². The van der Waals surface area contributed by atoms with Crippen molar-refractivity contribution in [3.63, 3.8) is 0 Å². The molecule has 0 aromatic carbocycles. The SMILES string of the molecule is CNC1OC1C(O)C(O)C(O)CC1OC1O. The summed E-state index contributed by atoms with van der Waals surface area (Å²) in [6.45, 7) is 0. The standard InChI is InChI=1S/C9H17NO6/c1-10-8-7(16-8)6(13)5(12)3(11)2-4-9(14)15-4/h3-14H,2H2,1H3. The minimum absolute atomic E-state index is 0.0936. The van der Waals surface area contributed by atoms with Crippen LogP contribution >= 0.6 is 0 Å². The lowest BCUT2D eigenvalue weighted by molar-refractivity contribution is -0.0718. The molecule has 7 atom stereocenters. The first-order valence-electron chi connectivity index (χ1n) is 5.25. The Morgan fingerprint density at radius 1 is 1.25 bits per heavy atom. The number of nitrogens with one attached hydrogen (secondary N) is 1. The normalized spacial score (nSPS) is 42.6. The van der Waals surface area contributed by atoms with Gasteiger partial charge in [-0.25, -0.2) is 0 Å². The summed E-state index contributed by atoms with van der Waals surface area (Å²) in [5.74, 6) is 0. The fraction of sp³-hybridized carbons (Fsp3) is 1.00. The maximum absolute atomic E-state index is 9.65. The summed E-state index contributed by atoms with van der Waals surface area (Å²) in [6.07, 6.45) is -5.59. The van der Waals surface area contributed by atoms with Gasteiger partial charge in [-0.15, -0.1) is 0 Å². The number of hydrogen-bond acceptors (Lipinski definition) is 7. The third kappa shape index (κ3) is 2.51. The molecule has 0 aliphatic carbocycles. The quantitative estimate of drug-likeness (QED) is 0.314. The Hall–Kier alpha value is -0.280. The topological polar surface area (TPSA) is 118 Å². The Kier molecular flexibility index (Phi) is 3.45. The molecule has 7 heteroatoms. The molecule has 2 fully saturated rings. The second-order valence-electron chi connectivity index (χ2n) is 4.16. The summed E-state index contributed by atoms with van der Waals surface area (Å²) in [5, 5.41) is 40.5. The second kappa shape index (κ2) is 4.53. The van der Waals surface area contributed by atoms with Crippen LogP contribution in [0.25, 0.3) is 0 Å². The van der Waals surface area contributed by atoms with E-state index in [1.807, 2.05) is 0 Å². The predicted molar refractivity (Wildman–Crippen MR) is 51.2 cm³/mol. The van der Waals surface area contributed by atoms with Crippen LogP contribution in [0.3, 0.4) is 0 Å². The average molecular weight is 235 g/mol. The van der Waals surface area contributed by atoms with Crippen molar-refractivity contribution in [2.75, 3.05) is 7.05 Å². The number of rotatable bonds is 6. The Balaban J connectivity index is 1.75. The minimum atomic E-state index is -1.31. The van der Waals surface area contributed by atoms with E-state index in [1.54, 1.807) is 7.05 Å².